The fraction of sp³-hybridized carbons (Fsp3) is 0.350. The van der Waals surface area contributed by atoms with Crippen molar-refractivity contribution in [2.75, 3.05) is 30.9 Å². The molecule has 0 fully saturated rings. The maximum atomic E-state index is 5.86. The van der Waals surface area contributed by atoms with Gasteiger partial charge in [0.05, 0.1) is 0 Å². The van der Waals surface area contributed by atoms with Crippen molar-refractivity contribution in [3.63, 3.8) is 0 Å². The number of nitrogens with one attached hydrogen (secondary N) is 2. The number of nitrogens with zero attached hydrogens (tertiary/aromatic N) is 1. The molecule has 1 aromatic carbocycles. The lowest BCUT2D eigenvalue weighted by Crippen LogP contribution is -2.16. The predicted molar refractivity (Wildman–Crippen MR) is 103 cm³/mol. The molecule has 2 aromatic rings. The third kappa shape index (κ3) is 3.87. The van der Waals surface area contributed by atoms with Crippen molar-refractivity contribution in [1.29, 1.82) is 0 Å². The molecule has 0 spiro atoms. The Hall–Kier alpha value is -2.69. The van der Waals surface area contributed by atoms with Gasteiger partial charge < -0.3 is 20.1 Å². The van der Waals surface area contributed by atoms with Crippen molar-refractivity contribution in [3.05, 3.63) is 41.6 Å². The molecule has 0 atom stereocenters. The van der Waals surface area contributed by atoms with Gasteiger partial charge in [0.25, 0.3) is 0 Å². The minimum Gasteiger partial charge on any atom is -0.486 e. The van der Waals surface area contributed by atoms with E-state index in [1.807, 2.05) is 32.2 Å². The Morgan fingerprint density at radius 1 is 1.16 bits per heavy atom. The molecule has 3 rings (SSSR count). The molecule has 0 saturated heterocycles. The van der Waals surface area contributed by atoms with Crippen LogP contribution in [-0.2, 0) is 0 Å². The van der Waals surface area contributed by atoms with Crippen LogP contribution in [0.1, 0.15) is 31.5 Å². The lowest BCUT2D eigenvalue weighted by atomic mass is 10.0. The number of pyridine rings is 1. The molecule has 2 N–H and O–H groups in total. The molecule has 5 heteroatoms. The van der Waals surface area contributed by atoms with E-state index < -0.39 is 0 Å². The van der Waals surface area contributed by atoms with E-state index in [9.17, 15) is 0 Å². The largest absolute Gasteiger partial charge is 0.486 e. The third-order valence-corrected chi connectivity index (χ3v) is 4.09. The van der Waals surface area contributed by atoms with Gasteiger partial charge in [-0.15, -0.1) is 0 Å². The summed E-state index contributed by atoms with van der Waals surface area (Å²) in [5, 5.41) is 6.55. The second kappa shape index (κ2) is 7.47. The van der Waals surface area contributed by atoms with Crippen LogP contribution >= 0.6 is 0 Å². The van der Waals surface area contributed by atoms with Gasteiger partial charge in [-0.3, -0.25) is 0 Å². The van der Waals surface area contributed by atoms with Crippen LogP contribution in [0.5, 0.6) is 11.5 Å². The van der Waals surface area contributed by atoms with Crippen LogP contribution in [0.2, 0.25) is 0 Å². The first-order valence-corrected chi connectivity index (χ1v) is 8.65. The Balaban J connectivity index is 2.00. The number of aromatic nitrogens is 1. The van der Waals surface area contributed by atoms with Crippen LogP contribution < -0.4 is 20.1 Å². The predicted octanol–water partition coefficient (Wildman–Crippen LogP) is 4.76. The summed E-state index contributed by atoms with van der Waals surface area (Å²) < 4.78 is 11.7. The highest BCUT2D eigenvalue weighted by Crippen LogP contribution is 2.41. The van der Waals surface area contributed by atoms with Crippen LogP contribution in [0, 0.1) is 6.92 Å². The summed E-state index contributed by atoms with van der Waals surface area (Å²) in [5.74, 6) is 2.40. The molecule has 0 amide bonds. The molecule has 0 saturated carbocycles. The first kappa shape index (κ1) is 17.1. The lowest BCUT2D eigenvalue weighted by molar-refractivity contribution is 0.171. The fourth-order valence-electron chi connectivity index (χ4n) is 2.96. The standard InChI is InChI=1S/C20H25N3O2/c1-5-6-13(2)17-10-16(11-18-20(17)25-8-7-24-18)23-19-12-15(21-4)9-14(3)22-19/h6,9-12H,5,7-8H2,1-4H3,(H2,21,22,23)/b13-6+. The number of aryl methyl sites for hydroxylation is 1. The number of allylic oxidation sites excluding steroid dienone is 2. The SMILES string of the molecule is CC/C=C(\C)c1cc(Nc2cc(NC)cc(C)n2)cc2c1OCCO2. The summed E-state index contributed by atoms with van der Waals surface area (Å²) in [4.78, 5) is 4.56. The molecule has 0 unspecified atom stereocenters. The van der Waals surface area contributed by atoms with Crippen molar-refractivity contribution in [3.8, 4) is 11.5 Å². The summed E-state index contributed by atoms with van der Waals surface area (Å²) in [6, 6.07) is 8.06. The van der Waals surface area contributed by atoms with Crippen LogP contribution in [0.15, 0.2) is 30.3 Å². The number of benzene rings is 1. The average molecular weight is 339 g/mol. The molecular weight excluding hydrogens is 314 g/mol. The van der Waals surface area contributed by atoms with Crippen molar-refractivity contribution in [1.82, 2.24) is 4.98 Å². The quantitative estimate of drug-likeness (QED) is 0.822. The van der Waals surface area contributed by atoms with Gasteiger partial charge in [0.1, 0.15) is 19.0 Å². The maximum Gasteiger partial charge on any atom is 0.168 e. The monoisotopic (exact) mass is 339 g/mol. The smallest absolute Gasteiger partial charge is 0.168 e. The highest BCUT2D eigenvalue weighted by molar-refractivity contribution is 5.77. The fourth-order valence-corrected chi connectivity index (χ4v) is 2.96. The van der Waals surface area contributed by atoms with E-state index in [1.165, 1.54) is 5.57 Å². The molecule has 0 aliphatic carbocycles. The molecule has 0 bridgehead atoms. The zero-order valence-electron chi connectivity index (χ0n) is 15.3. The number of rotatable bonds is 5. The van der Waals surface area contributed by atoms with E-state index in [4.69, 9.17) is 9.47 Å². The Morgan fingerprint density at radius 3 is 2.72 bits per heavy atom. The number of hydrogen-bond acceptors (Lipinski definition) is 5. The van der Waals surface area contributed by atoms with Crippen LogP contribution in [0.4, 0.5) is 17.2 Å². The van der Waals surface area contributed by atoms with Gasteiger partial charge in [-0.1, -0.05) is 13.0 Å². The van der Waals surface area contributed by atoms with Crippen LogP contribution in [0.3, 0.4) is 0 Å². The molecule has 25 heavy (non-hydrogen) atoms. The van der Waals surface area contributed by atoms with E-state index in [-0.39, 0.29) is 0 Å². The zero-order valence-corrected chi connectivity index (χ0v) is 15.3. The van der Waals surface area contributed by atoms with Crippen molar-refractivity contribution >= 4 is 22.8 Å². The van der Waals surface area contributed by atoms with Gasteiger partial charge in [-0.2, -0.15) is 0 Å². The first-order valence-electron chi connectivity index (χ1n) is 8.65. The minimum absolute atomic E-state index is 0.568. The molecule has 1 aliphatic rings. The molecule has 2 heterocycles. The summed E-state index contributed by atoms with van der Waals surface area (Å²) in [6.45, 7) is 7.36. The molecule has 132 valence electrons. The first-order chi connectivity index (χ1) is 12.1. The van der Waals surface area contributed by atoms with Crippen LogP contribution in [0.25, 0.3) is 5.57 Å². The molecular formula is C20H25N3O2. The molecule has 1 aromatic heterocycles. The topological polar surface area (TPSA) is 55.4 Å². The van der Waals surface area contributed by atoms with Gasteiger partial charge in [0, 0.05) is 41.8 Å². The molecule has 1 aliphatic heterocycles. The van der Waals surface area contributed by atoms with Gasteiger partial charge in [-0.25, -0.2) is 4.98 Å². The van der Waals surface area contributed by atoms with E-state index in [0.29, 0.717) is 13.2 Å². The summed E-state index contributed by atoms with van der Waals surface area (Å²) in [5.41, 5.74) is 5.15. The average Bonchev–Trinajstić information content (AvgIpc) is 2.60. The van der Waals surface area contributed by atoms with Crippen LogP contribution in [-0.4, -0.2) is 25.2 Å². The molecule has 5 nitrogen and oxygen atoms in total. The Bertz CT molecular complexity index is 800. The van der Waals surface area contributed by atoms with Gasteiger partial charge >= 0.3 is 0 Å². The Labute approximate surface area is 149 Å². The Kier molecular flexibility index (Phi) is 5.12. The molecule has 0 radical (unpaired) electrons. The summed E-state index contributed by atoms with van der Waals surface area (Å²) in [7, 11) is 1.90. The second-order valence-corrected chi connectivity index (χ2v) is 6.10. The summed E-state index contributed by atoms with van der Waals surface area (Å²) in [6.07, 6.45) is 3.17. The number of fused-ring (bicyclic) bond motifs is 1. The van der Waals surface area contributed by atoms with E-state index >= 15 is 0 Å². The van der Waals surface area contributed by atoms with Crippen molar-refractivity contribution < 1.29 is 9.47 Å². The zero-order chi connectivity index (χ0) is 17.8. The maximum absolute atomic E-state index is 5.86. The van der Waals surface area contributed by atoms with Gasteiger partial charge in [0.2, 0.25) is 0 Å². The number of hydrogen-bond donors (Lipinski definition) is 2. The normalized spacial score (nSPS) is 13.5. The summed E-state index contributed by atoms with van der Waals surface area (Å²) >= 11 is 0. The van der Waals surface area contributed by atoms with Crippen molar-refractivity contribution in [2.24, 2.45) is 0 Å². The minimum atomic E-state index is 0.568. The van der Waals surface area contributed by atoms with E-state index in [0.717, 1.165) is 46.4 Å². The highest BCUT2D eigenvalue weighted by atomic mass is 16.6. The second-order valence-electron chi connectivity index (χ2n) is 6.10. The number of ether oxygens (including phenoxy) is 2. The third-order valence-electron chi connectivity index (χ3n) is 4.09. The van der Waals surface area contributed by atoms with E-state index in [2.05, 4.69) is 41.6 Å². The van der Waals surface area contributed by atoms with Gasteiger partial charge in [0.15, 0.2) is 11.5 Å². The van der Waals surface area contributed by atoms with Crippen molar-refractivity contribution in [2.45, 2.75) is 27.2 Å². The van der Waals surface area contributed by atoms with Gasteiger partial charge in [-0.05, 0) is 38.0 Å². The highest BCUT2D eigenvalue weighted by Gasteiger charge is 2.19. The lowest BCUT2D eigenvalue weighted by Gasteiger charge is -2.23. The number of anilines is 3. The van der Waals surface area contributed by atoms with E-state index in [1.54, 1.807) is 0 Å². The Morgan fingerprint density at radius 2 is 1.96 bits per heavy atom.